The third-order valence-corrected chi connectivity index (χ3v) is 3.52. The van der Waals surface area contributed by atoms with E-state index in [1.165, 1.54) is 0 Å². The van der Waals surface area contributed by atoms with Crippen molar-refractivity contribution in [2.24, 2.45) is 0 Å². The number of ether oxygens (including phenoxy) is 1. The molecule has 0 heterocycles. The van der Waals surface area contributed by atoms with Crippen LogP contribution in [-0.2, 0) is 14.3 Å². The van der Waals surface area contributed by atoms with Crippen molar-refractivity contribution in [1.29, 1.82) is 0 Å². The minimum absolute atomic E-state index is 0.203. The summed E-state index contributed by atoms with van der Waals surface area (Å²) in [6, 6.07) is 12.4. The van der Waals surface area contributed by atoms with Gasteiger partial charge in [-0.3, -0.25) is 4.79 Å². The molecule has 0 unspecified atom stereocenters. The number of esters is 1. The Kier molecular flexibility index (Phi) is 5.97. The molecule has 0 aliphatic carbocycles. The molecule has 0 saturated heterocycles. The molecule has 2 aromatic rings. The van der Waals surface area contributed by atoms with Gasteiger partial charge >= 0.3 is 11.9 Å². The van der Waals surface area contributed by atoms with Crippen molar-refractivity contribution < 1.29 is 19.4 Å². The fraction of sp³-hybridized carbons (Fsp3) is 0.333. The maximum atomic E-state index is 11.7. The van der Waals surface area contributed by atoms with E-state index in [0.29, 0.717) is 12.3 Å². The largest absolute Gasteiger partial charge is 0.480 e. The summed E-state index contributed by atoms with van der Waals surface area (Å²) < 4.78 is 5.03. The number of hydrogen-bond donors (Lipinski definition) is 2. The molecule has 0 aromatic heterocycles. The van der Waals surface area contributed by atoms with E-state index in [2.05, 4.69) is 5.32 Å². The molecule has 0 amide bonds. The predicted molar refractivity (Wildman–Crippen MR) is 89.5 cm³/mol. The van der Waals surface area contributed by atoms with Gasteiger partial charge in [-0.2, -0.15) is 0 Å². The van der Waals surface area contributed by atoms with Gasteiger partial charge in [0.05, 0.1) is 13.0 Å². The Labute approximate surface area is 135 Å². The van der Waals surface area contributed by atoms with Gasteiger partial charge in [0, 0.05) is 5.69 Å². The summed E-state index contributed by atoms with van der Waals surface area (Å²) in [5, 5.41) is 14.3. The van der Waals surface area contributed by atoms with Gasteiger partial charge in [0.25, 0.3) is 0 Å². The van der Waals surface area contributed by atoms with Crippen LogP contribution in [0.15, 0.2) is 42.5 Å². The number of carbonyl (C=O) groups excluding carboxylic acids is 1. The van der Waals surface area contributed by atoms with Gasteiger partial charge in [0.1, 0.15) is 6.04 Å². The SMILES string of the molecule is CCCCOC(=O)C[C@H](Nc1ccc2ccccc2c1)C(=O)O. The van der Waals surface area contributed by atoms with Crippen molar-refractivity contribution in [3.05, 3.63) is 42.5 Å². The number of fused-ring (bicyclic) bond motifs is 1. The lowest BCUT2D eigenvalue weighted by molar-refractivity contribution is -0.148. The van der Waals surface area contributed by atoms with Crippen molar-refractivity contribution in [3.8, 4) is 0 Å². The van der Waals surface area contributed by atoms with E-state index in [9.17, 15) is 14.7 Å². The molecule has 2 rings (SSSR count). The number of carboxylic acid groups (broad SMARTS) is 1. The quantitative estimate of drug-likeness (QED) is 0.576. The zero-order valence-electron chi connectivity index (χ0n) is 13.1. The fourth-order valence-corrected chi connectivity index (χ4v) is 2.24. The average Bonchev–Trinajstić information content (AvgIpc) is 2.54. The predicted octanol–water partition coefficient (Wildman–Crippen LogP) is 3.44. The van der Waals surface area contributed by atoms with Gasteiger partial charge in [0.2, 0.25) is 0 Å². The summed E-state index contributed by atoms with van der Waals surface area (Å²) in [7, 11) is 0. The van der Waals surface area contributed by atoms with E-state index >= 15 is 0 Å². The van der Waals surface area contributed by atoms with Gasteiger partial charge in [-0.15, -0.1) is 0 Å². The second-order valence-electron chi connectivity index (χ2n) is 5.38. The monoisotopic (exact) mass is 315 g/mol. The van der Waals surface area contributed by atoms with Crippen LogP contribution in [0.4, 0.5) is 5.69 Å². The van der Waals surface area contributed by atoms with E-state index in [0.717, 1.165) is 23.6 Å². The second-order valence-corrected chi connectivity index (χ2v) is 5.38. The molecule has 23 heavy (non-hydrogen) atoms. The lowest BCUT2D eigenvalue weighted by Gasteiger charge is -2.15. The topological polar surface area (TPSA) is 75.6 Å². The van der Waals surface area contributed by atoms with E-state index in [1.54, 1.807) is 6.07 Å². The van der Waals surface area contributed by atoms with Crippen LogP contribution in [0.5, 0.6) is 0 Å². The molecule has 0 saturated carbocycles. The molecule has 0 bridgehead atoms. The van der Waals surface area contributed by atoms with Crippen LogP contribution in [0, 0.1) is 0 Å². The Morgan fingerprint density at radius 1 is 1.17 bits per heavy atom. The number of hydrogen-bond acceptors (Lipinski definition) is 4. The number of carbonyl (C=O) groups is 2. The Balaban J connectivity index is 2.02. The van der Waals surface area contributed by atoms with E-state index in [1.807, 2.05) is 43.3 Å². The Hall–Kier alpha value is -2.56. The summed E-state index contributed by atoms with van der Waals surface area (Å²) in [6.45, 7) is 2.33. The normalized spacial score (nSPS) is 11.9. The number of aliphatic carboxylic acids is 1. The van der Waals surface area contributed by atoms with Crippen LogP contribution in [0.25, 0.3) is 10.8 Å². The third-order valence-electron chi connectivity index (χ3n) is 3.52. The standard InChI is InChI=1S/C18H21NO4/c1-2-3-10-23-17(20)12-16(18(21)22)19-15-9-8-13-6-4-5-7-14(13)11-15/h4-9,11,16,19H,2-3,10,12H2,1H3,(H,21,22)/t16-/m0/s1. The van der Waals surface area contributed by atoms with Crippen molar-refractivity contribution in [2.75, 3.05) is 11.9 Å². The summed E-state index contributed by atoms with van der Waals surface area (Å²) >= 11 is 0. The molecule has 0 fully saturated rings. The van der Waals surface area contributed by atoms with Gasteiger partial charge in [-0.25, -0.2) is 4.79 Å². The Bertz CT molecular complexity index is 684. The molecule has 0 spiro atoms. The number of unbranched alkanes of at least 4 members (excludes halogenated alkanes) is 1. The van der Waals surface area contributed by atoms with Crippen molar-refractivity contribution in [2.45, 2.75) is 32.2 Å². The van der Waals surface area contributed by atoms with Crippen LogP contribution in [0.2, 0.25) is 0 Å². The molecule has 0 radical (unpaired) electrons. The molecule has 0 aliphatic rings. The average molecular weight is 315 g/mol. The van der Waals surface area contributed by atoms with Crippen LogP contribution < -0.4 is 5.32 Å². The summed E-state index contributed by atoms with van der Waals surface area (Å²) in [4.78, 5) is 23.1. The first-order chi connectivity index (χ1) is 11.1. The van der Waals surface area contributed by atoms with Crippen molar-refractivity contribution >= 4 is 28.4 Å². The number of anilines is 1. The molecule has 2 N–H and O–H groups in total. The maximum absolute atomic E-state index is 11.7. The van der Waals surface area contributed by atoms with Crippen LogP contribution in [0.3, 0.4) is 0 Å². The molecule has 5 heteroatoms. The number of nitrogens with one attached hydrogen (secondary N) is 1. The van der Waals surface area contributed by atoms with Crippen molar-refractivity contribution in [1.82, 2.24) is 0 Å². The first kappa shape index (κ1) is 16.8. The Morgan fingerprint density at radius 2 is 1.91 bits per heavy atom. The lowest BCUT2D eigenvalue weighted by Crippen LogP contribution is -2.32. The molecule has 0 aliphatic heterocycles. The minimum Gasteiger partial charge on any atom is -0.480 e. The zero-order valence-corrected chi connectivity index (χ0v) is 13.1. The highest BCUT2D eigenvalue weighted by atomic mass is 16.5. The molecular weight excluding hydrogens is 294 g/mol. The summed E-state index contributed by atoms with van der Waals surface area (Å²) in [5.41, 5.74) is 0.664. The van der Waals surface area contributed by atoms with Crippen LogP contribution >= 0.6 is 0 Å². The number of carboxylic acids is 1. The smallest absolute Gasteiger partial charge is 0.326 e. The van der Waals surface area contributed by atoms with Gasteiger partial charge in [-0.1, -0.05) is 43.7 Å². The zero-order chi connectivity index (χ0) is 16.7. The van der Waals surface area contributed by atoms with Crippen LogP contribution in [0.1, 0.15) is 26.2 Å². The molecule has 122 valence electrons. The summed E-state index contributed by atoms with van der Waals surface area (Å²) in [5.74, 6) is -1.58. The minimum atomic E-state index is -1.08. The fourth-order valence-electron chi connectivity index (χ4n) is 2.24. The van der Waals surface area contributed by atoms with Crippen LogP contribution in [-0.4, -0.2) is 29.7 Å². The number of rotatable bonds is 8. The second kappa shape index (κ2) is 8.17. The molecule has 1 atom stereocenters. The molecule has 2 aromatic carbocycles. The highest BCUT2D eigenvalue weighted by molar-refractivity contribution is 5.88. The highest BCUT2D eigenvalue weighted by Gasteiger charge is 2.22. The van der Waals surface area contributed by atoms with Crippen molar-refractivity contribution in [3.63, 3.8) is 0 Å². The number of benzene rings is 2. The van der Waals surface area contributed by atoms with E-state index in [4.69, 9.17) is 4.74 Å². The highest BCUT2D eigenvalue weighted by Crippen LogP contribution is 2.20. The van der Waals surface area contributed by atoms with E-state index in [-0.39, 0.29) is 6.42 Å². The Morgan fingerprint density at radius 3 is 2.61 bits per heavy atom. The first-order valence-electron chi connectivity index (χ1n) is 7.74. The first-order valence-corrected chi connectivity index (χ1v) is 7.74. The molecular formula is C18H21NO4. The van der Waals surface area contributed by atoms with Gasteiger partial charge in [0.15, 0.2) is 0 Å². The molecule has 5 nitrogen and oxygen atoms in total. The summed E-state index contributed by atoms with van der Waals surface area (Å²) in [6.07, 6.45) is 1.50. The van der Waals surface area contributed by atoms with Gasteiger partial charge < -0.3 is 15.2 Å². The third kappa shape index (κ3) is 4.98. The van der Waals surface area contributed by atoms with Gasteiger partial charge in [-0.05, 0) is 29.3 Å². The lowest BCUT2D eigenvalue weighted by atomic mass is 10.1. The maximum Gasteiger partial charge on any atom is 0.326 e. The van der Waals surface area contributed by atoms with E-state index < -0.39 is 18.0 Å².